The van der Waals surface area contributed by atoms with E-state index in [9.17, 15) is 39.3 Å². The molecule has 0 spiro atoms. The summed E-state index contributed by atoms with van der Waals surface area (Å²) in [4.78, 5) is 83.5. The Bertz CT molecular complexity index is 2290. The first-order chi connectivity index (χ1) is 29.3. The lowest BCUT2D eigenvalue weighted by molar-refractivity contribution is -0.346. The van der Waals surface area contributed by atoms with E-state index in [-0.39, 0.29) is 41.5 Å². The van der Waals surface area contributed by atoms with Crippen LogP contribution in [0.2, 0.25) is 0 Å². The first-order valence-electron chi connectivity index (χ1n) is 20.5. The van der Waals surface area contributed by atoms with Crippen molar-refractivity contribution in [3.63, 3.8) is 0 Å². The van der Waals surface area contributed by atoms with Crippen LogP contribution in [0.1, 0.15) is 86.7 Å². The van der Waals surface area contributed by atoms with Crippen molar-refractivity contribution in [2.24, 2.45) is 16.7 Å². The van der Waals surface area contributed by atoms with Gasteiger partial charge in [-0.05, 0) is 54.8 Å². The zero-order chi connectivity index (χ0) is 44.9. The molecule has 1 amide bonds. The highest BCUT2D eigenvalue weighted by Gasteiger charge is 2.78. The lowest BCUT2D eigenvalue weighted by Crippen LogP contribution is -2.82. The largest absolute Gasteiger partial charge is 0.456 e. The minimum atomic E-state index is -2.39. The van der Waals surface area contributed by atoms with Crippen LogP contribution in [0.25, 0.3) is 0 Å². The van der Waals surface area contributed by atoms with Crippen LogP contribution in [0.5, 0.6) is 0 Å². The first-order valence-corrected chi connectivity index (χ1v) is 20.5. The molecule has 2 bridgehead atoms. The maximum Gasteiger partial charge on any atom is 0.338 e. The molecule has 11 atom stereocenters. The Kier molecular flexibility index (Phi) is 12.9. The molecule has 63 heavy (non-hydrogen) atoms. The van der Waals surface area contributed by atoms with Crippen LogP contribution in [-0.2, 0) is 42.9 Å². The maximum atomic E-state index is 15.5. The topological polar surface area (TPSA) is 256 Å². The fourth-order valence-corrected chi connectivity index (χ4v) is 10.2. The number of hydrogen-bond acceptors (Lipinski definition) is 15. The molecule has 3 aromatic carbocycles. The molecule has 3 aliphatic carbocycles. The van der Waals surface area contributed by atoms with Crippen LogP contribution in [-0.4, -0.2) is 105 Å². The highest BCUT2D eigenvalue weighted by atomic mass is 16.6. The number of rotatable bonds is 10. The van der Waals surface area contributed by atoms with Crippen molar-refractivity contribution in [1.29, 1.82) is 0 Å². The first kappa shape index (κ1) is 46.7. The average molecular weight is 871 g/mol. The number of carbonyl (C=O) groups is 6. The van der Waals surface area contributed by atoms with Gasteiger partial charge < -0.3 is 50.5 Å². The van der Waals surface area contributed by atoms with Crippen molar-refractivity contribution in [2.45, 2.75) is 108 Å². The molecule has 3 fully saturated rings. The molecule has 4 aliphatic rings. The molecule has 7 N–H and O–H groups in total. The summed E-state index contributed by atoms with van der Waals surface area (Å²) in [5, 5.41) is 40.2. The SMILES string of the molecule is CC(=O)O[C@H]1C(=O)[C@@]2(C)[C@H]([C@H](OC(=O)c3ccccc3)[C@]3(O)C[C@H](OC(=O)[C@H](O)[C@@H](NC(=O)c4ccccc4)c4ccccc4)C(C)=C1C3(C)C)[C@]1(OC(C)=O)CO[C@@H]1C[C@@H]2O.N. The van der Waals surface area contributed by atoms with Gasteiger partial charge in [0.2, 0.25) is 0 Å². The smallest absolute Gasteiger partial charge is 0.338 e. The molecule has 1 aliphatic heterocycles. The van der Waals surface area contributed by atoms with Crippen LogP contribution >= 0.6 is 0 Å². The summed E-state index contributed by atoms with van der Waals surface area (Å²) in [5.74, 6) is -6.84. The van der Waals surface area contributed by atoms with Crippen molar-refractivity contribution in [3.8, 4) is 0 Å². The highest BCUT2D eigenvalue weighted by molar-refractivity contribution is 5.96. The summed E-state index contributed by atoms with van der Waals surface area (Å²) in [6.45, 7) is 7.97. The van der Waals surface area contributed by atoms with Gasteiger partial charge in [0.15, 0.2) is 23.6 Å². The number of ether oxygens (including phenoxy) is 5. The van der Waals surface area contributed by atoms with Gasteiger partial charge in [-0.3, -0.25) is 19.2 Å². The van der Waals surface area contributed by atoms with Crippen LogP contribution in [0.4, 0.5) is 0 Å². The van der Waals surface area contributed by atoms with Crippen molar-refractivity contribution >= 4 is 35.6 Å². The lowest BCUT2D eigenvalue weighted by Gasteiger charge is -2.67. The van der Waals surface area contributed by atoms with Crippen molar-refractivity contribution < 1.29 is 67.8 Å². The standard InChI is InChI=1S/C47H51NO14.H3N/c1-25-31(60-43(56)36(52)35(28-16-10-7-11-17-28)48-41(54)29-18-12-8-13-19-29)23-47(57)40(61-42(55)30-20-14-9-15-21-30)38-45(6,32(51)22-33-46(38,24-58-33)62-27(3)50)39(53)37(59-26(2)49)34(25)44(47,4)5;/h7-21,31-33,35-38,40,51-52,57H,22-24H2,1-6H3,(H,48,54);1H3/t31-,32-,33+,35-,36+,37+,38-,40-,45+,46-,47+;/m0./s1. The van der Waals surface area contributed by atoms with E-state index in [1.165, 1.54) is 26.0 Å². The van der Waals surface area contributed by atoms with Gasteiger partial charge in [0.05, 0.1) is 35.6 Å². The fourth-order valence-electron chi connectivity index (χ4n) is 10.2. The number of ketones is 1. The van der Waals surface area contributed by atoms with Gasteiger partial charge in [-0.1, -0.05) is 80.6 Å². The second kappa shape index (κ2) is 17.4. The van der Waals surface area contributed by atoms with Crippen LogP contribution in [0.15, 0.2) is 102 Å². The van der Waals surface area contributed by atoms with E-state index in [1.807, 2.05) is 0 Å². The average Bonchev–Trinajstić information content (AvgIpc) is 3.24. The predicted molar refractivity (Wildman–Crippen MR) is 223 cm³/mol. The highest BCUT2D eigenvalue weighted by Crippen LogP contribution is 2.64. The molecule has 3 aromatic rings. The number of carbonyl (C=O) groups excluding carboxylic acids is 6. The molecule has 16 nitrogen and oxygen atoms in total. The molecule has 1 heterocycles. The summed E-state index contributed by atoms with van der Waals surface area (Å²) in [5.41, 5.74) is -7.02. The molecule has 1 saturated heterocycles. The number of nitrogens with one attached hydrogen (secondary N) is 1. The number of fused-ring (bicyclic) bond motifs is 5. The summed E-state index contributed by atoms with van der Waals surface area (Å²) in [6, 6.07) is 22.9. The fraction of sp³-hybridized carbons (Fsp3) is 0.447. The third kappa shape index (κ3) is 7.84. The van der Waals surface area contributed by atoms with E-state index in [2.05, 4.69) is 5.32 Å². The van der Waals surface area contributed by atoms with Crippen molar-refractivity contribution in [1.82, 2.24) is 11.5 Å². The second-order valence-corrected chi connectivity index (χ2v) is 17.4. The van der Waals surface area contributed by atoms with Gasteiger partial charge in [-0.25, -0.2) is 9.59 Å². The number of aliphatic hydroxyl groups excluding tert-OH is 2. The van der Waals surface area contributed by atoms with E-state index in [4.69, 9.17) is 23.7 Å². The van der Waals surface area contributed by atoms with E-state index in [0.717, 1.165) is 13.8 Å². The van der Waals surface area contributed by atoms with E-state index >= 15 is 4.79 Å². The lowest BCUT2D eigenvalue weighted by atomic mass is 9.44. The molecule has 0 unspecified atom stereocenters. The van der Waals surface area contributed by atoms with Crippen molar-refractivity contribution in [3.05, 3.63) is 119 Å². The Morgan fingerprint density at radius 2 is 1.40 bits per heavy atom. The number of aliphatic hydroxyl groups is 3. The van der Waals surface area contributed by atoms with Gasteiger partial charge in [0, 0.05) is 37.7 Å². The van der Waals surface area contributed by atoms with E-state index in [0.29, 0.717) is 5.56 Å². The number of benzene rings is 3. The number of esters is 4. The Morgan fingerprint density at radius 3 is 1.94 bits per heavy atom. The Balaban J connectivity index is 0.00000661. The van der Waals surface area contributed by atoms with Crippen LogP contribution < -0.4 is 11.5 Å². The van der Waals surface area contributed by atoms with Crippen LogP contribution in [0, 0.1) is 16.7 Å². The summed E-state index contributed by atoms with van der Waals surface area (Å²) in [7, 11) is 0. The minimum Gasteiger partial charge on any atom is -0.456 e. The third-order valence-corrected chi connectivity index (χ3v) is 13.5. The molecular formula is C47H54N2O14. The molecule has 0 radical (unpaired) electrons. The Hall–Kier alpha value is -5.78. The third-order valence-electron chi connectivity index (χ3n) is 13.5. The van der Waals surface area contributed by atoms with Gasteiger partial charge in [0.1, 0.15) is 23.9 Å². The zero-order valence-corrected chi connectivity index (χ0v) is 35.9. The second-order valence-electron chi connectivity index (χ2n) is 17.4. The zero-order valence-electron chi connectivity index (χ0n) is 35.9. The quantitative estimate of drug-likeness (QED) is 0.110. The van der Waals surface area contributed by atoms with Gasteiger partial charge in [0.25, 0.3) is 5.91 Å². The van der Waals surface area contributed by atoms with Crippen LogP contribution in [0.3, 0.4) is 0 Å². The number of hydrogen-bond donors (Lipinski definition) is 5. The molecule has 0 aromatic heterocycles. The molecule has 336 valence electrons. The van der Waals surface area contributed by atoms with Gasteiger partial charge >= 0.3 is 23.9 Å². The summed E-state index contributed by atoms with van der Waals surface area (Å²) < 4.78 is 30.3. The minimum absolute atomic E-state index is 0. The monoisotopic (exact) mass is 870 g/mol. The molecule has 7 rings (SSSR count). The van der Waals surface area contributed by atoms with E-state index in [1.54, 1.807) is 92.7 Å². The van der Waals surface area contributed by atoms with Gasteiger partial charge in [-0.15, -0.1) is 0 Å². The predicted octanol–water partition coefficient (Wildman–Crippen LogP) is 3.90. The maximum absolute atomic E-state index is 15.5. The number of amides is 1. The number of Topliss-reactive ketones (excluding diaryl/α,β-unsaturated/α-hetero) is 1. The molecule has 2 saturated carbocycles. The summed E-state index contributed by atoms with van der Waals surface area (Å²) in [6.07, 6.45) is -10.5. The summed E-state index contributed by atoms with van der Waals surface area (Å²) >= 11 is 0. The van der Waals surface area contributed by atoms with E-state index < -0.39 is 113 Å². The molecular weight excluding hydrogens is 817 g/mol. The molecule has 16 heteroatoms. The normalized spacial score (nSPS) is 31.3. The Labute approximate surface area is 364 Å². The van der Waals surface area contributed by atoms with Gasteiger partial charge in [-0.2, -0.15) is 0 Å². The Morgan fingerprint density at radius 1 is 0.825 bits per heavy atom. The van der Waals surface area contributed by atoms with Crippen molar-refractivity contribution in [2.75, 3.05) is 6.61 Å².